The molecule has 11 heteroatoms. The van der Waals surface area contributed by atoms with Crippen LogP contribution in [0.1, 0.15) is 17.4 Å². The highest BCUT2D eigenvalue weighted by atomic mass is 32.2. The van der Waals surface area contributed by atoms with E-state index in [0.29, 0.717) is 4.68 Å². The summed E-state index contributed by atoms with van der Waals surface area (Å²) in [5, 5.41) is 5.64. The van der Waals surface area contributed by atoms with Crippen molar-refractivity contribution in [2.24, 2.45) is 11.4 Å². The van der Waals surface area contributed by atoms with Gasteiger partial charge in [-0.15, -0.1) is 21.1 Å². The normalized spacial score (nSPS) is 9.74. The third-order valence-electron chi connectivity index (χ3n) is 2.41. The number of hydrogen-bond donors (Lipinski definition) is 0. The molecule has 0 atom stereocenters. The number of amides is 1. The van der Waals surface area contributed by atoms with E-state index in [4.69, 9.17) is 4.74 Å². The van der Waals surface area contributed by atoms with E-state index in [1.54, 1.807) is 18.3 Å². The lowest BCUT2D eigenvalue weighted by molar-refractivity contribution is 0.246. The summed E-state index contributed by atoms with van der Waals surface area (Å²) in [5.74, 6) is 0. The molecule has 1 amide bonds. The number of hydrogen-bond acceptors (Lipinski definition) is 7. The molecule has 2 aromatic heterocycles. The molecule has 2 heterocycles. The van der Waals surface area contributed by atoms with Gasteiger partial charge in [-0.25, -0.2) is 14.2 Å². The summed E-state index contributed by atoms with van der Waals surface area (Å²) < 4.78 is 29.1. The molecule has 0 aromatic carbocycles. The predicted molar refractivity (Wildman–Crippen MR) is 84.6 cm³/mol. The Hall–Kier alpha value is -2.27. The second kappa shape index (κ2) is 8.39. The maximum Gasteiger partial charge on any atom is 0.387 e. The fourth-order valence-corrected chi connectivity index (χ4v) is 2.37. The quantitative estimate of drug-likeness (QED) is 0.799. The highest BCUT2D eigenvalue weighted by Crippen LogP contribution is 2.10. The zero-order valence-electron chi connectivity index (χ0n) is 13.0. The van der Waals surface area contributed by atoms with E-state index in [1.807, 2.05) is 0 Å². The van der Waals surface area contributed by atoms with Gasteiger partial charge in [0.2, 0.25) is 0 Å². The molecule has 0 fully saturated rings. The van der Waals surface area contributed by atoms with E-state index >= 15 is 0 Å². The van der Waals surface area contributed by atoms with Gasteiger partial charge >= 0.3 is 28.2 Å². The van der Waals surface area contributed by atoms with Crippen LogP contribution in [0.5, 0.6) is 6.01 Å². The topological polar surface area (TPSA) is 113 Å². The smallest absolute Gasteiger partial charge is 0.387 e. The SMILES string of the molecule is CCOc1nn(C(=O)N=S(=O)=O)c(=O)n1C.Cc1csc(C)c1. The van der Waals surface area contributed by atoms with Crippen molar-refractivity contribution in [1.29, 1.82) is 0 Å². The minimum atomic E-state index is -2.93. The Morgan fingerprint density at radius 1 is 1.43 bits per heavy atom. The van der Waals surface area contributed by atoms with Crippen molar-refractivity contribution in [2.75, 3.05) is 6.61 Å². The molecule has 0 radical (unpaired) electrons. The molecule has 0 bridgehead atoms. The van der Waals surface area contributed by atoms with E-state index < -0.39 is 22.2 Å². The third-order valence-corrected chi connectivity index (χ3v) is 3.69. The first-order chi connectivity index (χ1) is 10.8. The van der Waals surface area contributed by atoms with Crippen molar-refractivity contribution in [3.05, 3.63) is 32.4 Å². The van der Waals surface area contributed by atoms with E-state index in [9.17, 15) is 18.0 Å². The van der Waals surface area contributed by atoms with Crippen LogP contribution in [0.4, 0.5) is 4.79 Å². The zero-order valence-corrected chi connectivity index (χ0v) is 14.6. The number of aryl methyl sites for hydroxylation is 2. The van der Waals surface area contributed by atoms with Gasteiger partial charge in [0.1, 0.15) is 0 Å². The Balaban J connectivity index is 0.000000313. The molecule has 0 aliphatic rings. The van der Waals surface area contributed by atoms with E-state index in [0.717, 1.165) is 4.57 Å². The summed E-state index contributed by atoms with van der Waals surface area (Å²) in [6.45, 7) is 6.16. The predicted octanol–water partition coefficient (Wildman–Crippen LogP) is 1.38. The summed E-state index contributed by atoms with van der Waals surface area (Å²) in [5.41, 5.74) is 0.546. The van der Waals surface area contributed by atoms with Gasteiger partial charge in [0.25, 0.3) is 0 Å². The van der Waals surface area contributed by atoms with Gasteiger partial charge in [-0.3, -0.25) is 0 Å². The van der Waals surface area contributed by atoms with Gasteiger partial charge in [0, 0.05) is 11.9 Å². The Kier molecular flexibility index (Phi) is 6.85. The van der Waals surface area contributed by atoms with Gasteiger partial charge in [0.15, 0.2) is 0 Å². The summed E-state index contributed by atoms with van der Waals surface area (Å²) in [7, 11) is -1.60. The molecule has 0 aliphatic heterocycles. The monoisotopic (exact) mass is 360 g/mol. The minimum absolute atomic E-state index is 0.0901. The highest BCUT2D eigenvalue weighted by molar-refractivity contribution is 7.62. The number of rotatable bonds is 2. The molecule has 9 nitrogen and oxygen atoms in total. The zero-order chi connectivity index (χ0) is 17.6. The van der Waals surface area contributed by atoms with Crippen molar-refractivity contribution in [3.8, 4) is 6.01 Å². The van der Waals surface area contributed by atoms with Gasteiger partial charge < -0.3 is 4.74 Å². The van der Waals surface area contributed by atoms with Crippen molar-refractivity contribution < 1.29 is 17.9 Å². The average molecular weight is 360 g/mol. The first-order valence-electron chi connectivity index (χ1n) is 6.42. The summed E-state index contributed by atoms with van der Waals surface area (Å²) in [6, 6.07) is 0.803. The molecular weight excluding hydrogens is 344 g/mol. The lowest BCUT2D eigenvalue weighted by atomic mass is 10.4. The summed E-state index contributed by atoms with van der Waals surface area (Å²) >= 11 is 1.80. The Labute approximate surface area is 137 Å². The van der Waals surface area contributed by atoms with Crippen LogP contribution in [0.2, 0.25) is 0 Å². The molecule has 2 aromatic rings. The highest BCUT2D eigenvalue weighted by Gasteiger charge is 2.16. The van der Waals surface area contributed by atoms with Crippen molar-refractivity contribution >= 4 is 27.9 Å². The van der Waals surface area contributed by atoms with Crippen LogP contribution in [0, 0.1) is 13.8 Å². The summed E-state index contributed by atoms with van der Waals surface area (Å²) in [6.07, 6.45) is 0. The lowest BCUT2D eigenvalue weighted by Crippen LogP contribution is -2.27. The van der Waals surface area contributed by atoms with Crippen LogP contribution in [0.25, 0.3) is 0 Å². The fourth-order valence-electron chi connectivity index (χ4n) is 1.48. The molecular formula is C12H16N4O5S2. The van der Waals surface area contributed by atoms with Crippen LogP contribution in [-0.2, 0) is 17.5 Å². The maximum absolute atomic E-state index is 11.4. The molecule has 2 rings (SSSR count). The molecule has 23 heavy (non-hydrogen) atoms. The lowest BCUT2D eigenvalue weighted by Gasteiger charge is -1.97. The van der Waals surface area contributed by atoms with E-state index in [2.05, 4.69) is 34.8 Å². The number of nitrogens with zero attached hydrogens (tertiary/aromatic N) is 4. The van der Waals surface area contributed by atoms with E-state index in [1.165, 1.54) is 17.5 Å². The van der Waals surface area contributed by atoms with Crippen LogP contribution < -0.4 is 10.4 Å². The number of aromatic nitrogens is 3. The van der Waals surface area contributed by atoms with Crippen LogP contribution >= 0.6 is 11.3 Å². The van der Waals surface area contributed by atoms with Crippen molar-refractivity contribution in [2.45, 2.75) is 20.8 Å². The Morgan fingerprint density at radius 3 is 2.48 bits per heavy atom. The molecule has 0 N–H and O–H groups in total. The average Bonchev–Trinajstić information content (AvgIpc) is 2.96. The second-order valence-electron chi connectivity index (χ2n) is 4.29. The molecule has 0 aliphatic carbocycles. The Bertz CT molecular complexity index is 851. The van der Waals surface area contributed by atoms with Crippen LogP contribution in [0.15, 0.2) is 20.6 Å². The van der Waals surface area contributed by atoms with Crippen molar-refractivity contribution in [1.82, 2.24) is 14.3 Å². The van der Waals surface area contributed by atoms with Crippen LogP contribution in [-0.4, -0.2) is 35.4 Å². The van der Waals surface area contributed by atoms with Gasteiger partial charge in [-0.1, -0.05) is 4.36 Å². The number of ether oxygens (including phenoxy) is 1. The fraction of sp³-hybridized carbons (Fsp3) is 0.417. The van der Waals surface area contributed by atoms with Crippen LogP contribution in [0.3, 0.4) is 0 Å². The number of thiophene rings is 1. The second-order valence-corrected chi connectivity index (χ2v) is 6.03. The molecule has 0 unspecified atom stereocenters. The van der Waals surface area contributed by atoms with Gasteiger partial charge in [-0.05, 0) is 37.8 Å². The molecule has 0 saturated carbocycles. The first kappa shape index (κ1) is 18.8. The molecule has 0 spiro atoms. The number of carbonyl (C=O) groups is 1. The third kappa shape index (κ3) is 5.45. The largest absolute Gasteiger partial charge is 0.464 e. The van der Waals surface area contributed by atoms with Crippen molar-refractivity contribution in [3.63, 3.8) is 0 Å². The number of carbonyl (C=O) groups excluding carboxylic acids is 1. The van der Waals surface area contributed by atoms with E-state index in [-0.39, 0.29) is 12.6 Å². The minimum Gasteiger partial charge on any atom is -0.464 e. The molecule has 0 saturated heterocycles. The molecule has 126 valence electrons. The standard InChI is InChI=1S/C6H8N4O5S.C6H8S/c1-3-15-5-7-10(6(12)9(5)2)4(11)8-16(13)14;1-5-3-6(2)7-4-5/h3H2,1-2H3;3-4H,1-2H3. The van der Waals surface area contributed by atoms with Gasteiger partial charge in [-0.2, -0.15) is 8.42 Å². The maximum atomic E-state index is 11.4. The Morgan fingerprint density at radius 2 is 2.09 bits per heavy atom. The van der Waals surface area contributed by atoms with Gasteiger partial charge in [0.05, 0.1) is 6.61 Å². The first-order valence-corrected chi connectivity index (χ1v) is 8.33. The summed E-state index contributed by atoms with van der Waals surface area (Å²) in [4.78, 5) is 23.9.